The van der Waals surface area contributed by atoms with E-state index in [0.717, 1.165) is 24.3 Å². The predicted molar refractivity (Wildman–Crippen MR) is 75.1 cm³/mol. The molecule has 0 radical (unpaired) electrons. The minimum atomic E-state index is -4.82. The van der Waals surface area contributed by atoms with Gasteiger partial charge in [-0.3, -0.25) is 4.68 Å². The fraction of sp³-hybridized carbons (Fsp3) is 0.308. The maximum absolute atomic E-state index is 12.2. The monoisotopic (exact) mass is 349 g/mol. The highest BCUT2D eigenvalue weighted by Gasteiger charge is 2.31. The summed E-state index contributed by atoms with van der Waals surface area (Å²) in [5.74, 6) is -0.485. The van der Waals surface area contributed by atoms with Crippen LogP contribution < -0.4 is 9.46 Å². The summed E-state index contributed by atoms with van der Waals surface area (Å²) in [6.07, 6.45) is -1.56. The van der Waals surface area contributed by atoms with Gasteiger partial charge in [-0.05, 0) is 37.3 Å². The molecular formula is C13H14F3N3O3S. The first-order valence-corrected chi connectivity index (χ1v) is 7.99. The number of hydrogen-bond acceptors (Lipinski definition) is 4. The van der Waals surface area contributed by atoms with Crippen molar-refractivity contribution in [3.05, 3.63) is 42.7 Å². The van der Waals surface area contributed by atoms with Gasteiger partial charge in [-0.15, -0.1) is 13.2 Å². The molecule has 2 rings (SSSR count). The number of benzene rings is 1. The third-order valence-electron chi connectivity index (χ3n) is 2.74. The molecule has 0 aliphatic carbocycles. The van der Waals surface area contributed by atoms with Crippen LogP contribution in [0.25, 0.3) is 0 Å². The summed E-state index contributed by atoms with van der Waals surface area (Å²) >= 11 is 0. The number of sulfonamides is 1. The molecule has 2 aromatic rings. The number of halogens is 3. The maximum atomic E-state index is 12.2. The molecule has 1 aromatic carbocycles. The fourth-order valence-electron chi connectivity index (χ4n) is 1.88. The number of rotatable bonds is 6. The molecule has 1 heterocycles. The number of ether oxygens (including phenoxy) is 1. The smallest absolute Gasteiger partial charge is 0.406 e. The summed E-state index contributed by atoms with van der Waals surface area (Å²) in [7, 11) is -3.85. The zero-order valence-electron chi connectivity index (χ0n) is 12.0. The topological polar surface area (TPSA) is 73.2 Å². The van der Waals surface area contributed by atoms with E-state index >= 15 is 0 Å². The first-order valence-electron chi connectivity index (χ1n) is 6.51. The molecule has 23 heavy (non-hydrogen) atoms. The van der Waals surface area contributed by atoms with Gasteiger partial charge in [0, 0.05) is 18.4 Å². The molecule has 0 saturated carbocycles. The average molecular weight is 349 g/mol. The fourth-order valence-corrected chi connectivity index (χ4v) is 3.11. The number of aromatic nitrogens is 2. The lowest BCUT2D eigenvalue weighted by molar-refractivity contribution is -0.274. The van der Waals surface area contributed by atoms with E-state index in [0.29, 0.717) is 6.54 Å². The summed E-state index contributed by atoms with van der Waals surface area (Å²) in [5.41, 5.74) is 0. The molecule has 10 heteroatoms. The van der Waals surface area contributed by atoms with Crippen LogP contribution in [0.4, 0.5) is 13.2 Å². The average Bonchev–Trinajstić information content (AvgIpc) is 2.89. The molecule has 0 fully saturated rings. The Bertz CT molecular complexity index is 728. The molecule has 1 N–H and O–H groups in total. The second-order valence-electron chi connectivity index (χ2n) is 4.77. The van der Waals surface area contributed by atoms with Crippen LogP contribution in [0.5, 0.6) is 5.75 Å². The van der Waals surface area contributed by atoms with Crippen LogP contribution in [0.15, 0.2) is 47.6 Å². The van der Waals surface area contributed by atoms with Crippen LogP contribution in [0, 0.1) is 0 Å². The van der Waals surface area contributed by atoms with Crippen LogP contribution in [0.1, 0.15) is 6.92 Å². The Labute approximate surface area is 130 Å². The Morgan fingerprint density at radius 1 is 1.30 bits per heavy atom. The van der Waals surface area contributed by atoms with Gasteiger partial charge in [-0.1, -0.05) is 0 Å². The highest BCUT2D eigenvalue weighted by Crippen LogP contribution is 2.23. The Kier molecular flexibility index (Phi) is 4.95. The van der Waals surface area contributed by atoms with Crippen molar-refractivity contribution in [1.82, 2.24) is 14.5 Å². The maximum Gasteiger partial charge on any atom is 0.573 e. The summed E-state index contributed by atoms with van der Waals surface area (Å²) in [6, 6.07) is 5.24. The van der Waals surface area contributed by atoms with Crippen molar-refractivity contribution in [3.63, 3.8) is 0 Å². The van der Waals surface area contributed by atoms with E-state index in [9.17, 15) is 21.6 Å². The van der Waals surface area contributed by atoms with Gasteiger partial charge in [0.2, 0.25) is 10.0 Å². The second-order valence-corrected chi connectivity index (χ2v) is 6.48. The van der Waals surface area contributed by atoms with E-state index < -0.39 is 28.2 Å². The van der Waals surface area contributed by atoms with E-state index in [2.05, 4.69) is 14.6 Å². The highest BCUT2D eigenvalue weighted by molar-refractivity contribution is 7.89. The quantitative estimate of drug-likeness (QED) is 0.867. The number of alkyl halides is 3. The van der Waals surface area contributed by atoms with Crippen molar-refractivity contribution in [2.75, 3.05) is 0 Å². The number of nitrogens with one attached hydrogen (secondary N) is 1. The van der Waals surface area contributed by atoms with Crippen molar-refractivity contribution in [1.29, 1.82) is 0 Å². The minimum Gasteiger partial charge on any atom is -0.406 e. The molecule has 6 nitrogen and oxygen atoms in total. The normalized spacial score (nSPS) is 13.7. The molecular weight excluding hydrogens is 335 g/mol. The summed E-state index contributed by atoms with van der Waals surface area (Å²) in [5, 5.41) is 3.96. The van der Waals surface area contributed by atoms with Gasteiger partial charge in [0.05, 0.1) is 11.4 Å². The van der Waals surface area contributed by atoms with E-state index in [1.165, 1.54) is 0 Å². The van der Waals surface area contributed by atoms with Crippen LogP contribution in [0.3, 0.4) is 0 Å². The second kappa shape index (κ2) is 6.59. The van der Waals surface area contributed by atoms with Gasteiger partial charge < -0.3 is 4.74 Å². The van der Waals surface area contributed by atoms with Crippen molar-refractivity contribution < 1.29 is 26.3 Å². The lowest BCUT2D eigenvalue weighted by atomic mass is 10.3. The van der Waals surface area contributed by atoms with Gasteiger partial charge in [0.15, 0.2) is 0 Å². The molecule has 126 valence electrons. The van der Waals surface area contributed by atoms with Gasteiger partial charge >= 0.3 is 6.36 Å². The Balaban J connectivity index is 2.04. The summed E-state index contributed by atoms with van der Waals surface area (Å²) < 4.78 is 68.2. The Morgan fingerprint density at radius 2 is 1.96 bits per heavy atom. The Hall–Kier alpha value is -2.07. The standard InChI is InChI=1S/C13H14F3N3O3S/c1-10(9-19-8-2-7-17-19)18-23(20,21)12-5-3-11(4-6-12)22-13(14,15)16/h2-8,10,18H,9H2,1H3/t10-/m1/s1. The van der Waals surface area contributed by atoms with E-state index in [1.807, 2.05) is 0 Å². The largest absolute Gasteiger partial charge is 0.573 e. The molecule has 0 aliphatic rings. The van der Waals surface area contributed by atoms with E-state index in [1.54, 1.807) is 30.1 Å². The lowest BCUT2D eigenvalue weighted by Gasteiger charge is -2.15. The summed E-state index contributed by atoms with van der Waals surface area (Å²) in [6.45, 7) is 1.97. The third-order valence-corrected chi connectivity index (χ3v) is 4.35. The minimum absolute atomic E-state index is 0.153. The molecule has 1 aromatic heterocycles. The van der Waals surface area contributed by atoms with Gasteiger partial charge in [0.1, 0.15) is 5.75 Å². The van der Waals surface area contributed by atoms with Gasteiger partial charge in [-0.2, -0.15) is 5.10 Å². The zero-order valence-corrected chi connectivity index (χ0v) is 12.8. The van der Waals surface area contributed by atoms with Crippen molar-refractivity contribution in [2.45, 2.75) is 30.8 Å². The number of hydrogen-bond donors (Lipinski definition) is 1. The Morgan fingerprint density at radius 3 is 2.48 bits per heavy atom. The first kappa shape index (κ1) is 17.3. The molecule has 0 amide bonds. The van der Waals surface area contributed by atoms with Crippen LogP contribution >= 0.6 is 0 Å². The van der Waals surface area contributed by atoms with Gasteiger partial charge in [0.25, 0.3) is 0 Å². The molecule has 1 atom stereocenters. The molecule has 0 bridgehead atoms. The summed E-state index contributed by atoms with van der Waals surface area (Å²) in [4.78, 5) is -0.153. The highest BCUT2D eigenvalue weighted by atomic mass is 32.2. The molecule has 0 saturated heterocycles. The molecule has 0 aliphatic heterocycles. The van der Waals surface area contributed by atoms with Crippen LogP contribution in [-0.2, 0) is 16.6 Å². The third kappa shape index (κ3) is 5.25. The molecule has 0 spiro atoms. The van der Waals surface area contributed by atoms with Crippen molar-refractivity contribution in [3.8, 4) is 5.75 Å². The van der Waals surface area contributed by atoms with Gasteiger partial charge in [-0.25, -0.2) is 13.1 Å². The van der Waals surface area contributed by atoms with E-state index in [4.69, 9.17) is 0 Å². The lowest BCUT2D eigenvalue weighted by Crippen LogP contribution is -2.35. The van der Waals surface area contributed by atoms with E-state index in [-0.39, 0.29) is 4.90 Å². The molecule has 0 unspecified atom stereocenters. The first-order chi connectivity index (χ1) is 10.7. The van der Waals surface area contributed by atoms with Crippen molar-refractivity contribution in [2.24, 2.45) is 0 Å². The van der Waals surface area contributed by atoms with Crippen molar-refractivity contribution >= 4 is 10.0 Å². The predicted octanol–water partition coefficient (Wildman–Crippen LogP) is 2.15. The van der Waals surface area contributed by atoms with Crippen LogP contribution in [0.2, 0.25) is 0 Å². The SMILES string of the molecule is C[C@H](Cn1cccn1)NS(=O)(=O)c1ccc(OC(F)(F)F)cc1. The zero-order chi connectivity index (χ0) is 17.1. The van der Waals surface area contributed by atoms with Crippen LogP contribution in [-0.4, -0.2) is 30.6 Å². The number of nitrogens with zero attached hydrogens (tertiary/aromatic N) is 2.